The van der Waals surface area contributed by atoms with Gasteiger partial charge in [-0.15, -0.1) is 0 Å². The molecule has 0 aromatic carbocycles. The lowest BCUT2D eigenvalue weighted by molar-refractivity contribution is -0.130. The van der Waals surface area contributed by atoms with Crippen molar-refractivity contribution in [3.05, 3.63) is 0 Å². The molecule has 0 saturated heterocycles. The predicted octanol–water partition coefficient (Wildman–Crippen LogP) is 4.78. The second kappa shape index (κ2) is 6.76. The number of unbranched alkanes of at least 4 members (excludes halogenated alkanes) is 1. The van der Waals surface area contributed by atoms with Gasteiger partial charge in [-0.3, -0.25) is 4.79 Å². The Bertz CT molecular complexity index is 279. The first-order valence-corrected chi connectivity index (χ1v) is 7.62. The summed E-state index contributed by atoms with van der Waals surface area (Å²) in [5.74, 6) is 0.193. The molecule has 0 bridgehead atoms. The first kappa shape index (κ1) is 18.5. The van der Waals surface area contributed by atoms with Gasteiger partial charge >= 0.3 is 0 Å². The van der Waals surface area contributed by atoms with Gasteiger partial charge < -0.3 is 5.32 Å². The number of hydrogen-bond donors (Lipinski definition) is 1. The van der Waals surface area contributed by atoms with E-state index in [1.807, 2.05) is 0 Å². The summed E-state index contributed by atoms with van der Waals surface area (Å²) in [5.41, 5.74) is 0.305. The van der Waals surface area contributed by atoms with E-state index in [9.17, 15) is 4.79 Å². The van der Waals surface area contributed by atoms with E-state index >= 15 is 0 Å². The van der Waals surface area contributed by atoms with Crippen LogP contribution in [0.3, 0.4) is 0 Å². The van der Waals surface area contributed by atoms with Gasteiger partial charge in [0.05, 0.1) is 0 Å². The van der Waals surface area contributed by atoms with Crippen LogP contribution < -0.4 is 5.32 Å². The minimum Gasteiger partial charge on any atom is -0.355 e. The van der Waals surface area contributed by atoms with Gasteiger partial charge in [0.2, 0.25) is 5.91 Å². The van der Waals surface area contributed by atoms with Crippen LogP contribution in [-0.4, -0.2) is 12.5 Å². The van der Waals surface area contributed by atoms with Crippen LogP contribution in [0.2, 0.25) is 0 Å². The number of carbonyl (C=O) groups is 1. The molecule has 0 aliphatic heterocycles. The van der Waals surface area contributed by atoms with Crippen LogP contribution >= 0.6 is 0 Å². The van der Waals surface area contributed by atoms with Crippen LogP contribution in [0.4, 0.5) is 0 Å². The molecule has 2 nitrogen and oxygen atoms in total. The summed E-state index contributed by atoms with van der Waals surface area (Å²) in [6.07, 6.45) is 4.54. The van der Waals surface area contributed by atoms with Gasteiger partial charge in [-0.05, 0) is 23.7 Å². The summed E-state index contributed by atoms with van der Waals surface area (Å²) in [7, 11) is 0. The lowest BCUT2D eigenvalue weighted by Gasteiger charge is -2.27. The van der Waals surface area contributed by atoms with E-state index in [0.717, 1.165) is 19.4 Å². The second-order valence-electron chi connectivity index (χ2n) is 8.89. The van der Waals surface area contributed by atoms with E-state index < -0.39 is 0 Å². The van der Waals surface area contributed by atoms with Crippen molar-refractivity contribution in [3.8, 4) is 0 Å². The zero-order valence-corrected chi connectivity index (χ0v) is 14.4. The molecule has 0 rings (SSSR count). The Morgan fingerprint density at radius 3 is 1.68 bits per heavy atom. The number of hydrogen-bond acceptors (Lipinski definition) is 1. The number of carbonyl (C=O) groups excluding carboxylic acids is 1. The number of nitrogens with one attached hydrogen (secondary N) is 1. The standard InChI is InChI=1S/C17H35NO/c1-15(2,3)11-9-10-12-17(7,8)14(19)18-13-16(4,5)6/h9-13H2,1-8H3,(H,18,19). The van der Waals surface area contributed by atoms with Gasteiger partial charge in [0.25, 0.3) is 0 Å². The fourth-order valence-electron chi connectivity index (χ4n) is 1.92. The first-order chi connectivity index (χ1) is 8.33. The molecule has 0 aliphatic rings. The maximum atomic E-state index is 12.2. The number of rotatable bonds is 6. The minimum absolute atomic E-state index is 0.151. The van der Waals surface area contributed by atoms with Crippen molar-refractivity contribution in [1.29, 1.82) is 0 Å². The molecule has 0 aromatic rings. The third kappa shape index (κ3) is 9.98. The van der Waals surface area contributed by atoms with Crippen molar-refractivity contribution in [2.45, 2.75) is 81.1 Å². The lowest BCUT2D eigenvalue weighted by atomic mass is 9.83. The van der Waals surface area contributed by atoms with Crippen molar-refractivity contribution >= 4 is 5.91 Å². The van der Waals surface area contributed by atoms with Gasteiger partial charge in [0.15, 0.2) is 0 Å². The largest absolute Gasteiger partial charge is 0.355 e. The van der Waals surface area contributed by atoms with E-state index in [2.05, 4.69) is 60.7 Å². The van der Waals surface area contributed by atoms with Crippen molar-refractivity contribution < 1.29 is 4.79 Å². The van der Waals surface area contributed by atoms with Crippen LogP contribution in [0, 0.1) is 16.2 Å². The maximum absolute atomic E-state index is 12.2. The van der Waals surface area contributed by atoms with E-state index in [0.29, 0.717) is 5.41 Å². The molecule has 0 unspecified atom stereocenters. The summed E-state index contributed by atoms with van der Waals surface area (Å²) >= 11 is 0. The summed E-state index contributed by atoms with van der Waals surface area (Å²) in [6.45, 7) is 18.1. The van der Waals surface area contributed by atoms with E-state index in [1.54, 1.807) is 0 Å². The molecular weight excluding hydrogens is 234 g/mol. The Balaban J connectivity index is 4.06. The highest BCUT2D eigenvalue weighted by molar-refractivity contribution is 5.81. The molecule has 1 N–H and O–H groups in total. The summed E-state index contributed by atoms with van der Waals surface area (Å²) in [6, 6.07) is 0. The first-order valence-electron chi connectivity index (χ1n) is 7.62. The number of amides is 1. The highest BCUT2D eigenvalue weighted by Crippen LogP contribution is 2.27. The molecule has 0 aromatic heterocycles. The molecule has 0 spiro atoms. The SMILES string of the molecule is CC(C)(C)CCCCC(C)(C)C(=O)NCC(C)(C)C. The predicted molar refractivity (Wildman–Crippen MR) is 84.2 cm³/mol. The summed E-state index contributed by atoms with van der Waals surface area (Å²) < 4.78 is 0. The third-order valence-electron chi connectivity index (χ3n) is 3.37. The van der Waals surface area contributed by atoms with Crippen LogP contribution in [0.15, 0.2) is 0 Å². The topological polar surface area (TPSA) is 29.1 Å². The molecule has 0 saturated carbocycles. The molecule has 19 heavy (non-hydrogen) atoms. The normalized spacial score (nSPS) is 13.5. The van der Waals surface area contributed by atoms with E-state index in [-0.39, 0.29) is 16.7 Å². The van der Waals surface area contributed by atoms with Gasteiger partial charge in [0, 0.05) is 12.0 Å². The molecule has 0 aliphatic carbocycles. The van der Waals surface area contributed by atoms with Crippen LogP contribution in [0.5, 0.6) is 0 Å². The third-order valence-corrected chi connectivity index (χ3v) is 3.37. The Morgan fingerprint density at radius 2 is 1.26 bits per heavy atom. The fourth-order valence-corrected chi connectivity index (χ4v) is 1.92. The highest BCUT2D eigenvalue weighted by atomic mass is 16.2. The molecule has 0 fully saturated rings. The Hall–Kier alpha value is -0.530. The highest BCUT2D eigenvalue weighted by Gasteiger charge is 2.27. The van der Waals surface area contributed by atoms with Crippen molar-refractivity contribution in [2.75, 3.05) is 6.54 Å². The maximum Gasteiger partial charge on any atom is 0.225 e. The van der Waals surface area contributed by atoms with Gasteiger partial charge in [0.1, 0.15) is 0 Å². The minimum atomic E-state index is -0.247. The van der Waals surface area contributed by atoms with Gasteiger partial charge in [-0.2, -0.15) is 0 Å². The van der Waals surface area contributed by atoms with Gasteiger partial charge in [-0.1, -0.05) is 68.2 Å². The average Bonchev–Trinajstić information content (AvgIpc) is 2.18. The van der Waals surface area contributed by atoms with E-state index in [4.69, 9.17) is 0 Å². The zero-order chi connectivity index (χ0) is 15.3. The molecule has 114 valence electrons. The van der Waals surface area contributed by atoms with Crippen molar-refractivity contribution in [3.63, 3.8) is 0 Å². The average molecular weight is 269 g/mol. The van der Waals surface area contributed by atoms with Crippen molar-refractivity contribution in [2.24, 2.45) is 16.2 Å². The van der Waals surface area contributed by atoms with Crippen molar-refractivity contribution in [1.82, 2.24) is 5.32 Å². The van der Waals surface area contributed by atoms with E-state index in [1.165, 1.54) is 12.8 Å². The monoisotopic (exact) mass is 269 g/mol. The summed E-state index contributed by atoms with van der Waals surface area (Å²) in [5, 5.41) is 3.08. The molecule has 0 atom stereocenters. The van der Waals surface area contributed by atoms with Crippen LogP contribution in [0.1, 0.15) is 81.1 Å². The zero-order valence-electron chi connectivity index (χ0n) is 14.4. The quantitative estimate of drug-likeness (QED) is 0.691. The molecule has 0 heterocycles. The smallest absolute Gasteiger partial charge is 0.225 e. The molecule has 0 radical (unpaired) electrons. The molecular formula is C17H35NO. The lowest BCUT2D eigenvalue weighted by Crippen LogP contribution is -2.40. The fraction of sp³-hybridized carbons (Fsp3) is 0.941. The molecule has 2 heteroatoms. The van der Waals surface area contributed by atoms with Crippen LogP contribution in [-0.2, 0) is 4.79 Å². The second-order valence-corrected chi connectivity index (χ2v) is 8.89. The van der Waals surface area contributed by atoms with Gasteiger partial charge in [-0.25, -0.2) is 0 Å². The molecule has 1 amide bonds. The Morgan fingerprint density at radius 1 is 0.789 bits per heavy atom. The Labute approximate surface area is 120 Å². The Kier molecular flexibility index (Phi) is 6.57. The van der Waals surface area contributed by atoms with Crippen LogP contribution in [0.25, 0.3) is 0 Å². The summed E-state index contributed by atoms with van der Waals surface area (Å²) in [4.78, 5) is 12.2.